The van der Waals surface area contributed by atoms with Gasteiger partial charge in [0.1, 0.15) is 18.9 Å². The summed E-state index contributed by atoms with van der Waals surface area (Å²) >= 11 is 5.90. The van der Waals surface area contributed by atoms with Crippen LogP contribution >= 0.6 is 11.6 Å². The maximum absolute atomic E-state index is 13.3. The van der Waals surface area contributed by atoms with Crippen LogP contribution in [0.2, 0.25) is 5.02 Å². The van der Waals surface area contributed by atoms with Crippen molar-refractivity contribution in [3.63, 3.8) is 0 Å². The fourth-order valence-electron chi connectivity index (χ4n) is 2.99. The van der Waals surface area contributed by atoms with Gasteiger partial charge in [0.05, 0.1) is 16.6 Å². The van der Waals surface area contributed by atoms with E-state index in [1.54, 1.807) is 37.3 Å². The van der Waals surface area contributed by atoms with Crippen molar-refractivity contribution in [3.8, 4) is 5.75 Å². The number of sulfonamides is 1. The highest BCUT2D eigenvalue weighted by Crippen LogP contribution is 2.24. The maximum atomic E-state index is 13.3. The molecule has 0 fully saturated rings. The van der Waals surface area contributed by atoms with Gasteiger partial charge < -0.3 is 10.1 Å². The third-order valence-electron chi connectivity index (χ3n) is 4.66. The summed E-state index contributed by atoms with van der Waals surface area (Å²) in [6.07, 6.45) is 0. The molecule has 32 heavy (non-hydrogen) atoms. The number of para-hydroxylation sites is 1. The van der Waals surface area contributed by atoms with E-state index in [-0.39, 0.29) is 24.1 Å². The average Bonchev–Trinajstić information content (AvgIpc) is 2.78. The fourth-order valence-corrected chi connectivity index (χ4v) is 4.54. The predicted octanol–water partition coefficient (Wildman–Crippen LogP) is 4.43. The van der Waals surface area contributed by atoms with Gasteiger partial charge in [-0.2, -0.15) is 0 Å². The minimum atomic E-state index is -3.98. The van der Waals surface area contributed by atoms with Crippen molar-refractivity contribution in [3.05, 3.63) is 89.4 Å². The van der Waals surface area contributed by atoms with Crippen molar-refractivity contribution in [2.24, 2.45) is 0 Å². The van der Waals surface area contributed by atoms with E-state index in [0.29, 0.717) is 16.5 Å². The second-order valence-corrected chi connectivity index (χ2v) is 9.69. The smallest absolute Gasteiger partial charge is 0.264 e. The molecule has 3 aromatic rings. The number of nitrogens with zero attached hydrogens (tertiary/aromatic N) is 1. The molecule has 1 amide bonds. The van der Waals surface area contributed by atoms with Gasteiger partial charge in [0, 0.05) is 5.02 Å². The van der Waals surface area contributed by atoms with Crippen LogP contribution in [0.15, 0.2) is 83.8 Å². The first kappa shape index (κ1) is 23.6. The van der Waals surface area contributed by atoms with E-state index in [2.05, 4.69) is 5.32 Å². The summed E-state index contributed by atoms with van der Waals surface area (Å²) in [6, 6.07) is 21.6. The molecule has 0 radical (unpaired) electrons. The minimum absolute atomic E-state index is 0.0503. The number of carbonyl (C=O) groups excluding carboxylic acids is 1. The zero-order chi connectivity index (χ0) is 23.1. The summed E-state index contributed by atoms with van der Waals surface area (Å²) in [5.41, 5.74) is 1.52. The molecule has 0 heterocycles. The molecule has 0 saturated heterocycles. The zero-order valence-corrected chi connectivity index (χ0v) is 19.4. The van der Waals surface area contributed by atoms with Gasteiger partial charge >= 0.3 is 0 Å². The van der Waals surface area contributed by atoms with E-state index in [1.165, 1.54) is 24.3 Å². The molecule has 0 aliphatic heterocycles. The second-order valence-electron chi connectivity index (χ2n) is 7.39. The lowest BCUT2D eigenvalue weighted by Crippen LogP contribution is -2.45. The number of hydrogen-bond donors (Lipinski definition) is 1. The van der Waals surface area contributed by atoms with Crippen LogP contribution in [0.5, 0.6) is 5.75 Å². The van der Waals surface area contributed by atoms with Crippen LogP contribution in [-0.2, 0) is 14.8 Å². The molecule has 0 aliphatic rings. The summed E-state index contributed by atoms with van der Waals surface area (Å²) in [5.74, 6) is 0.263. The first-order valence-electron chi connectivity index (χ1n) is 10.1. The SMILES string of the molecule is Cc1ccc(OCC(C)NC(=O)CN(c2ccccc2)S(=O)(=O)c2ccc(Cl)cc2)cc1. The molecular weight excluding hydrogens is 448 g/mol. The standard InChI is InChI=1S/C24H25ClN2O4S/c1-18-8-12-22(13-9-18)31-17-19(2)26-24(28)16-27(21-6-4-3-5-7-21)32(29,30)23-14-10-20(25)11-15-23/h3-15,19H,16-17H2,1-2H3,(H,26,28). The Morgan fingerprint density at radius 1 is 1.00 bits per heavy atom. The summed E-state index contributed by atoms with van der Waals surface area (Å²) < 4.78 is 33.3. The predicted molar refractivity (Wildman–Crippen MR) is 127 cm³/mol. The highest BCUT2D eigenvalue weighted by molar-refractivity contribution is 7.92. The second kappa shape index (κ2) is 10.5. The van der Waals surface area contributed by atoms with E-state index in [1.807, 2.05) is 31.2 Å². The van der Waals surface area contributed by atoms with E-state index < -0.39 is 15.9 Å². The zero-order valence-electron chi connectivity index (χ0n) is 17.9. The molecular formula is C24H25ClN2O4S. The lowest BCUT2D eigenvalue weighted by Gasteiger charge is -2.25. The van der Waals surface area contributed by atoms with E-state index in [4.69, 9.17) is 16.3 Å². The number of rotatable bonds is 9. The Morgan fingerprint density at radius 3 is 2.25 bits per heavy atom. The normalized spacial score (nSPS) is 12.1. The van der Waals surface area contributed by atoms with Crippen LogP contribution in [0.1, 0.15) is 12.5 Å². The van der Waals surface area contributed by atoms with Crippen LogP contribution in [0.4, 0.5) is 5.69 Å². The largest absolute Gasteiger partial charge is 0.491 e. The van der Waals surface area contributed by atoms with Gasteiger partial charge in [-0.1, -0.05) is 47.5 Å². The third kappa shape index (κ3) is 6.24. The van der Waals surface area contributed by atoms with Gasteiger partial charge in [0.25, 0.3) is 10.0 Å². The Labute approximate surface area is 193 Å². The Hall–Kier alpha value is -3.03. The van der Waals surface area contributed by atoms with Crippen LogP contribution in [0, 0.1) is 6.92 Å². The Kier molecular flexibility index (Phi) is 7.77. The molecule has 1 N–H and O–H groups in total. The van der Waals surface area contributed by atoms with Gasteiger partial charge in [-0.15, -0.1) is 0 Å². The van der Waals surface area contributed by atoms with Crippen LogP contribution < -0.4 is 14.4 Å². The summed E-state index contributed by atoms with van der Waals surface area (Å²) in [6.45, 7) is 3.67. The first-order valence-corrected chi connectivity index (χ1v) is 11.9. The molecule has 168 valence electrons. The molecule has 6 nitrogen and oxygen atoms in total. The Morgan fingerprint density at radius 2 is 1.62 bits per heavy atom. The number of ether oxygens (including phenoxy) is 1. The molecule has 0 saturated carbocycles. The monoisotopic (exact) mass is 472 g/mol. The van der Waals surface area contributed by atoms with Crippen molar-refractivity contribution in [2.45, 2.75) is 24.8 Å². The number of hydrogen-bond acceptors (Lipinski definition) is 4. The molecule has 3 rings (SSSR count). The lowest BCUT2D eigenvalue weighted by atomic mass is 10.2. The first-order chi connectivity index (χ1) is 15.3. The molecule has 1 atom stereocenters. The van der Waals surface area contributed by atoms with E-state index in [9.17, 15) is 13.2 Å². The van der Waals surface area contributed by atoms with Gasteiger partial charge in [-0.3, -0.25) is 9.10 Å². The number of nitrogens with one attached hydrogen (secondary N) is 1. The third-order valence-corrected chi connectivity index (χ3v) is 6.70. The number of amides is 1. The summed E-state index contributed by atoms with van der Waals surface area (Å²) in [4.78, 5) is 12.8. The molecule has 3 aromatic carbocycles. The van der Waals surface area contributed by atoms with Gasteiger partial charge in [0.15, 0.2) is 0 Å². The molecule has 0 aliphatic carbocycles. The lowest BCUT2D eigenvalue weighted by molar-refractivity contribution is -0.120. The number of halogens is 1. The number of carbonyl (C=O) groups is 1. The number of benzene rings is 3. The molecule has 1 unspecified atom stereocenters. The van der Waals surface area contributed by atoms with Crippen LogP contribution in [0.25, 0.3) is 0 Å². The molecule has 8 heteroatoms. The van der Waals surface area contributed by atoms with Crippen molar-refractivity contribution in [1.29, 1.82) is 0 Å². The fraction of sp³-hybridized carbons (Fsp3) is 0.208. The molecule has 0 spiro atoms. The van der Waals surface area contributed by atoms with Crippen molar-refractivity contribution >= 4 is 33.2 Å². The van der Waals surface area contributed by atoms with Crippen molar-refractivity contribution in [1.82, 2.24) is 5.32 Å². The Balaban J connectivity index is 1.71. The van der Waals surface area contributed by atoms with Crippen molar-refractivity contribution in [2.75, 3.05) is 17.5 Å². The van der Waals surface area contributed by atoms with Gasteiger partial charge in [-0.05, 0) is 62.4 Å². The van der Waals surface area contributed by atoms with E-state index in [0.717, 1.165) is 9.87 Å². The van der Waals surface area contributed by atoms with Crippen molar-refractivity contribution < 1.29 is 17.9 Å². The molecule has 0 bridgehead atoms. The van der Waals surface area contributed by atoms with Crippen LogP contribution in [0.3, 0.4) is 0 Å². The minimum Gasteiger partial charge on any atom is -0.491 e. The van der Waals surface area contributed by atoms with Gasteiger partial charge in [-0.25, -0.2) is 8.42 Å². The summed E-state index contributed by atoms with van der Waals surface area (Å²) in [5, 5.41) is 3.23. The topological polar surface area (TPSA) is 75.7 Å². The maximum Gasteiger partial charge on any atom is 0.264 e. The Bertz CT molecular complexity index is 1130. The summed E-state index contributed by atoms with van der Waals surface area (Å²) in [7, 11) is -3.98. The molecule has 0 aromatic heterocycles. The van der Waals surface area contributed by atoms with Crippen LogP contribution in [-0.4, -0.2) is 33.5 Å². The average molecular weight is 473 g/mol. The van der Waals surface area contributed by atoms with E-state index >= 15 is 0 Å². The number of aryl methyl sites for hydroxylation is 1. The quantitative estimate of drug-likeness (QED) is 0.500. The van der Waals surface area contributed by atoms with Gasteiger partial charge in [0.2, 0.25) is 5.91 Å². The highest BCUT2D eigenvalue weighted by Gasteiger charge is 2.27. The highest BCUT2D eigenvalue weighted by atomic mass is 35.5. The number of anilines is 1.